The van der Waals surface area contributed by atoms with Gasteiger partial charge in [0.1, 0.15) is 5.76 Å². The molecule has 0 atom stereocenters. The minimum atomic E-state index is -0.205. The van der Waals surface area contributed by atoms with Crippen molar-refractivity contribution in [2.75, 3.05) is 13.2 Å². The van der Waals surface area contributed by atoms with Gasteiger partial charge in [-0.15, -0.1) is 0 Å². The van der Waals surface area contributed by atoms with E-state index in [1.54, 1.807) is 6.26 Å². The van der Waals surface area contributed by atoms with Gasteiger partial charge < -0.3 is 9.15 Å². The van der Waals surface area contributed by atoms with Crippen molar-refractivity contribution in [1.82, 2.24) is 0 Å². The Hall–Kier alpha value is -1.27. The molecule has 1 aliphatic heterocycles. The summed E-state index contributed by atoms with van der Waals surface area (Å²) in [4.78, 5) is 0. The summed E-state index contributed by atoms with van der Waals surface area (Å²) < 4.78 is 10.7. The van der Waals surface area contributed by atoms with E-state index in [9.17, 15) is 5.26 Å². The third-order valence-electron chi connectivity index (χ3n) is 3.57. The van der Waals surface area contributed by atoms with Gasteiger partial charge in [-0.05, 0) is 25.0 Å². The van der Waals surface area contributed by atoms with Crippen LogP contribution in [-0.2, 0) is 10.2 Å². The van der Waals surface area contributed by atoms with Crippen LogP contribution in [0.5, 0.6) is 0 Å². The monoisotopic (exact) mass is 189 g/mol. The van der Waals surface area contributed by atoms with Gasteiger partial charge in [0.25, 0.3) is 0 Å². The van der Waals surface area contributed by atoms with Crippen molar-refractivity contribution in [1.29, 1.82) is 5.26 Å². The van der Waals surface area contributed by atoms with E-state index >= 15 is 0 Å². The Labute approximate surface area is 82.3 Å². The minimum absolute atomic E-state index is 0.148. The molecule has 0 amide bonds. The fourth-order valence-corrected chi connectivity index (χ4v) is 2.33. The lowest BCUT2D eigenvalue weighted by Gasteiger charge is -2.43. The quantitative estimate of drug-likeness (QED) is 0.713. The molecule has 1 aliphatic carbocycles. The van der Waals surface area contributed by atoms with Crippen LogP contribution in [0.1, 0.15) is 18.6 Å². The van der Waals surface area contributed by atoms with Crippen LogP contribution >= 0.6 is 0 Å². The minimum Gasteiger partial charge on any atom is -0.469 e. The summed E-state index contributed by atoms with van der Waals surface area (Å²) in [6.45, 7) is 1.27. The molecule has 1 saturated carbocycles. The van der Waals surface area contributed by atoms with Gasteiger partial charge in [0.15, 0.2) is 0 Å². The van der Waals surface area contributed by atoms with Crippen LogP contribution in [0.3, 0.4) is 0 Å². The first-order valence-electron chi connectivity index (χ1n) is 4.86. The SMILES string of the molecule is N#CC1(C2(c3ccco3)COC2)CC1. The molecule has 0 aromatic carbocycles. The molecule has 0 N–H and O–H groups in total. The third kappa shape index (κ3) is 0.753. The fraction of sp³-hybridized carbons (Fsp3) is 0.545. The molecule has 72 valence electrons. The maximum Gasteiger partial charge on any atom is 0.116 e. The van der Waals surface area contributed by atoms with Crippen molar-refractivity contribution >= 4 is 0 Å². The fourth-order valence-electron chi connectivity index (χ4n) is 2.33. The van der Waals surface area contributed by atoms with Gasteiger partial charge in [-0.1, -0.05) is 0 Å². The van der Waals surface area contributed by atoms with Crippen LogP contribution in [0, 0.1) is 16.7 Å². The first-order valence-corrected chi connectivity index (χ1v) is 4.86. The van der Waals surface area contributed by atoms with Gasteiger partial charge in [0.2, 0.25) is 0 Å². The second kappa shape index (κ2) is 2.40. The second-order valence-corrected chi connectivity index (χ2v) is 4.25. The average Bonchev–Trinajstić information content (AvgIpc) is 2.72. The zero-order valence-electron chi connectivity index (χ0n) is 7.82. The lowest BCUT2D eigenvalue weighted by Crippen LogP contribution is -2.53. The maximum absolute atomic E-state index is 9.21. The molecule has 2 fully saturated rings. The highest BCUT2D eigenvalue weighted by molar-refractivity contribution is 5.33. The summed E-state index contributed by atoms with van der Waals surface area (Å²) in [5.41, 5.74) is -0.353. The van der Waals surface area contributed by atoms with Crippen LogP contribution in [0.4, 0.5) is 0 Å². The first kappa shape index (κ1) is 8.07. The Bertz CT molecular complexity index is 380. The number of hydrogen-bond acceptors (Lipinski definition) is 3. The van der Waals surface area contributed by atoms with Crippen molar-refractivity contribution in [2.45, 2.75) is 18.3 Å². The standard InChI is InChI=1S/C11H11NO2/c12-6-10(3-4-10)11(7-13-8-11)9-2-1-5-14-9/h1-2,5H,3-4,7-8H2. The van der Waals surface area contributed by atoms with E-state index in [0.29, 0.717) is 13.2 Å². The van der Waals surface area contributed by atoms with Crippen LogP contribution in [0.15, 0.2) is 22.8 Å². The smallest absolute Gasteiger partial charge is 0.116 e. The van der Waals surface area contributed by atoms with Gasteiger partial charge in [0.05, 0.1) is 36.4 Å². The van der Waals surface area contributed by atoms with Gasteiger partial charge >= 0.3 is 0 Å². The van der Waals surface area contributed by atoms with E-state index in [2.05, 4.69) is 6.07 Å². The number of rotatable bonds is 2. The predicted octanol–water partition coefficient (Wildman–Crippen LogP) is 1.85. The van der Waals surface area contributed by atoms with Gasteiger partial charge in [-0.3, -0.25) is 0 Å². The highest BCUT2D eigenvalue weighted by Crippen LogP contribution is 2.62. The van der Waals surface area contributed by atoms with Gasteiger partial charge in [-0.2, -0.15) is 5.26 Å². The van der Waals surface area contributed by atoms with Crippen molar-refractivity contribution in [3.05, 3.63) is 24.2 Å². The van der Waals surface area contributed by atoms with Crippen molar-refractivity contribution in [2.24, 2.45) is 5.41 Å². The second-order valence-electron chi connectivity index (χ2n) is 4.25. The van der Waals surface area contributed by atoms with Crippen molar-refractivity contribution in [3.8, 4) is 6.07 Å². The predicted molar refractivity (Wildman–Crippen MR) is 48.5 cm³/mol. The Kier molecular flexibility index (Phi) is 1.38. The molecule has 3 nitrogen and oxygen atoms in total. The molecule has 3 rings (SSSR count). The van der Waals surface area contributed by atoms with E-state index in [0.717, 1.165) is 18.6 Å². The van der Waals surface area contributed by atoms with E-state index in [1.807, 2.05) is 12.1 Å². The molecule has 1 saturated heterocycles. The van der Waals surface area contributed by atoms with E-state index in [1.165, 1.54) is 0 Å². The van der Waals surface area contributed by atoms with Crippen LogP contribution in [-0.4, -0.2) is 13.2 Å². The summed E-state index contributed by atoms with van der Waals surface area (Å²) in [6.07, 6.45) is 3.63. The summed E-state index contributed by atoms with van der Waals surface area (Å²) >= 11 is 0. The molecule has 0 radical (unpaired) electrons. The van der Waals surface area contributed by atoms with Gasteiger partial charge in [0, 0.05) is 0 Å². The number of furan rings is 1. The largest absolute Gasteiger partial charge is 0.469 e. The highest BCUT2D eigenvalue weighted by Gasteiger charge is 2.66. The summed E-state index contributed by atoms with van der Waals surface area (Å²) in [7, 11) is 0. The Morgan fingerprint density at radius 3 is 2.50 bits per heavy atom. The summed E-state index contributed by atoms with van der Waals surface area (Å²) in [6, 6.07) is 6.28. The van der Waals surface area contributed by atoms with Gasteiger partial charge in [-0.25, -0.2) is 0 Å². The summed E-state index contributed by atoms with van der Waals surface area (Å²) in [5, 5.41) is 9.21. The third-order valence-corrected chi connectivity index (χ3v) is 3.57. The van der Waals surface area contributed by atoms with E-state index in [4.69, 9.17) is 9.15 Å². The molecule has 14 heavy (non-hydrogen) atoms. The van der Waals surface area contributed by atoms with Crippen molar-refractivity contribution < 1.29 is 9.15 Å². The van der Waals surface area contributed by atoms with Crippen LogP contribution in [0.25, 0.3) is 0 Å². The normalized spacial score (nSPS) is 26.2. The highest BCUT2D eigenvalue weighted by atomic mass is 16.5. The molecule has 2 heterocycles. The Morgan fingerprint density at radius 1 is 1.36 bits per heavy atom. The topological polar surface area (TPSA) is 46.2 Å². The number of hydrogen-bond donors (Lipinski definition) is 0. The molecule has 3 heteroatoms. The lowest BCUT2D eigenvalue weighted by molar-refractivity contribution is -0.0966. The Morgan fingerprint density at radius 2 is 2.14 bits per heavy atom. The Balaban J connectivity index is 2.05. The summed E-state index contributed by atoms with van der Waals surface area (Å²) in [5.74, 6) is 0.919. The molecule has 1 aromatic rings. The molecule has 1 aromatic heterocycles. The molecular weight excluding hydrogens is 178 g/mol. The molecular formula is C11H11NO2. The lowest BCUT2D eigenvalue weighted by atomic mass is 9.69. The zero-order chi connectivity index (χ0) is 9.65. The molecule has 0 bridgehead atoms. The molecule has 2 aliphatic rings. The number of nitrogens with zero attached hydrogens (tertiary/aromatic N) is 1. The first-order chi connectivity index (χ1) is 6.83. The van der Waals surface area contributed by atoms with E-state index < -0.39 is 0 Å². The number of ether oxygens (including phenoxy) is 1. The maximum atomic E-state index is 9.21. The zero-order valence-corrected chi connectivity index (χ0v) is 7.82. The molecule has 0 spiro atoms. The van der Waals surface area contributed by atoms with Crippen molar-refractivity contribution in [3.63, 3.8) is 0 Å². The van der Waals surface area contributed by atoms with E-state index in [-0.39, 0.29) is 10.8 Å². The molecule has 0 unspecified atom stereocenters. The average molecular weight is 189 g/mol. The van der Waals surface area contributed by atoms with Crippen LogP contribution < -0.4 is 0 Å². The number of nitriles is 1. The van der Waals surface area contributed by atoms with Crippen LogP contribution in [0.2, 0.25) is 0 Å².